The molecular weight excluding hydrogens is 299 g/mol. The SMILES string of the molecule is CC(NCc1ncc(Br)cc1F)c1cnccn1. The summed E-state index contributed by atoms with van der Waals surface area (Å²) in [7, 11) is 0. The van der Waals surface area contributed by atoms with Gasteiger partial charge in [0.2, 0.25) is 0 Å². The van der Waals surface area contributed by atoms with Gasteiger partial charge in [0.25, 0.3) is 0 Å². The van der Waals surface area contributed by atoms with Gasteiger partial charge in [-0.1, -0.05) is 0 Å². The summed E-state index contributed by atoms with van der Waals surface area (Å²) in [6.45, 7) is 2.29. The molecule has 1 N–H and O–H groups in total. The third-order valence-electron chi connectivity index (χ3n) is 2.49. The number of halogens is 2. The van der Waals surface area contributed by atoms with Gasteiger partial charge in [0, 0.05) is 41.8 Å². The molecule has 0 aliphatic heterocycles. The topological polar surface area (TPSA) is 50.7 Å². The van der Waals surface area contributed by atoms with Crippen LogP contribution in [0.3, 0.4) is 0 Å². The molecule has 6 heteroatoms. The molecule has 0 amide bonds. The zero-order chi connectivity index (χ0) is 13.0. The lowest BCUT2D eigenvalue weighted by molar-refractivity contribution is 0.524. The Morgan fingerprint density at radius 1 is 1.33 bits per heavy atom. The van der Waals surface area contributed by atoms with Gasteiger partial charge in [-0.3, -0.25) is 15.0 Å². The van der Waals surface area contributed by atoms with E-state index in [1.54, 1.807) is 24.8 Å². The summed E-state index contributed by atoms with van der Waals surface area (Å²) in [5.41, 5.74) is 1.20. The van der Waals surface area contributed by atoms with Crippen molar-refractivity contribution in [2.45, 2.75) is 19.5 Å². The summed E-state index contributed by atoms with van der Waals surface area (Å²) >= 11 is 3.17. The number of hydrogen-bond donors (Lipinski definition) is 1. The first kappa shape index (κ1) is 13.0. The number of nitrogens with zero attached hydrogens (tertiary/aromatic N) is 3. The van der Waals surface area contributed by atoms with Gasteiger partial charge in [-0.05, 0) is 28.9 Å². The summed E-state index contributed by atoms with van der Waals surface area (Å²) in [5, 5.41) is 3.16. The van der Waals surface area contributed by atoms with Crippen LogP contribution in [0.15, 0.2) is 35.3 Å². The summed E-state index contributed by atoms with van der Waals surface area (Å²) in [4.78, 5) is 12.2. The van der Waals surface area contributed by atoms with Gasteiger partial charge in [-0.2, -0.15) is 0 Å². The first-order valence-corrected chi connectivity index (χ1v) is 6.25. The second kappa shape index (κ2) is 5.97. The molecule has 0 bridgehead atoms. The normalized spacial score (nSPS) is 12.4. The molecule has 2 heterocycles. The Balaban J connectivity index is 1.99. The van der Waals surface area contributed by atoms with Crippen molar-refractivity contribution in [2.75, 3.05) is 0 Å². The fraction of sp³-hybridized carbons (Fsp3) is 0.250. The molecule has 18 heavy (non-hydrogen) atoms. The molecule has 2 aromatic heterocycles. The molecule has 0 saturated carbocycles. The summed E-state index contributed by atoms with van der Waals surface area (Å²) in [5.74, 6) is -0.330. The maximum Gasteiger partial charge on any atom is 0.147 e. The number of hydrogen-bond acceptors (Lipinski definition) is 4. The van der Waals surface area contributed by atoms with Crippen LogP contribution in [0.1, 0.15) is 24.4 Å². The van der Waals surface area contributed by atoms with Crippen molar-refractivity contribution in [2.24, 2.45) is 0 Å². The molecule has 0 saturated heterocycles. The molecule has 1 unspecified atom stereocenters. The smallest absolute Gasteiger partial charge is 0.147 e. The van der Waals surface area contributed by atoms with Crippen molar-refractivity contribution in [3.05, 3.63) is 52.5 Å². The standard InChI is InChI=1S/C12H12BrFN4/c1-8(11-6-15-2-3-16-11)17-7-12-10(14)4-9(13)5-18-12/h2-6,8,17H,7H2,1H3. The number of aromatic nitrogens is 3. The van der Waals surface area contributed by atoms with E-state index >= 15 is 0 Å². The van der Waals surface area contributed by atoms with Crippen LogP contribution in [0.4, 0.5) is 4.39 Å². The molecule has 1 atom stereocenters. The van der Waals surface area contributed by atoms with Crippen LogP contribution in [-0.4, -0.2) is 15.0 Å². The quantitative estimate of drug-likeness (QED) is 0.943. The van der Waals surface area contributed by atoms with E-state index in [2.05, 4.69) is 36.2 Å². The zero-order valence-electron chi connectivity index (χ0n) is 9.77. The van der Waals surface area contributed by atoms with Gasteiger partial charge in [0.05, 0.1) is 11.4 Å². The van der Waals surface area contributed by atoms with Crippen LogP contribution in [0.5, 0.6) is 0 Å². The zero-order valence-corrected chi connectivity index (χ0v) is 11.4. The third-order valence-corrected chi connectivity index (χ3v) is 2.92. The van der Waals surface area contributed by atoms with E-state index in [4.69, 9.17) is 0 Å². The molecule has 2 aromatic rings. The Labute approximate surface area is 113 Å². The molecule has 94 valence electrons. The van der Waals surface area contributed by atoms with E-state index in [0.717, 1.165) is 5.69 Å². The highest BCUT2D eigenvalue weighted by Crippen LogP contribution is 2.13. The van der Waals surface area contributed by atoms with E-state index in [9.17, 15) is 4.39 Å². The summed E-state index contributed by atoms with van der Waals surface area (Å²) in [6.07, 6.45) is 6.51. The van der Waals surface area contributed by atoms with Gasteiger partial charge in [-0.15, -0.1) is 0 Å². The molecular formula is C12H12BrFN4. The molecule has 4 nitrogen and oxygen atoms in total. The van der Waals surface area contributed by atoms with Gasteiger partial charge < -0.3 is 5.32 Å². The summed E-state index contributed by atoms with van der Waals surface area (Å²) < 4.78 is 14.2. The van der Waals surface area contributed by atoms with Gasteiger partial charge >= 0.3 is 0 Å². The van der Waals surface area contributed by atoms with E-state index < -0.39 is 0 Å². The Morgan fingerprint density at radius 2 is 2.17 bits per heavy atom. The largest absolute Gasteiger partial charge is 0.303 e. The monoisotopic (exact) mass is 310 g/mol. The highest BCUT2D eigenvalue weighted by molar-refractivity contribution is 9.10. The molecule has 0 aliphatic rings. The average Bonchev–Trinajstić information content (AvgIpc) is 2.38. The van der Waals surface area contributed by atoms with Crippen molar-refractivity contribution in [3.63, 3.8) is 0 Å². The number of nitrogens with one attached hydrogen (secondary N) is 1. The third kappa shape index (κ3) is 3.30. The second-order valence-electron chi connectivity index (χ2n) is 3.81. The van der Waals surface area contributed by atoms with Crippen LogP contribution in [0, 0.1) is 5.82 Å². The first-order chi connectivity index (χ1) is 8.66. The Hall–Kier alpha value is -1.40. The van der Waals surface area contributed by atoms with Crippen molar-refractivity contribution in [1.82, 2.24) is 20.3 Å². The number of rotatable bonds is 4. The maximum atomic E-state index is 13.5. The highest BCUT2D eigenvalue weighted by Gasteiger charge is 2.09. The molecule has 0 aliphatic carbocycles. The molecule has 0 spiro atoms. The van der Waals surface area contributed by atoms with E-state index in [1.807, 2.05) is 6.92 Å². The first-order valence-electron chi connectivity index (χ1n) is 5.46. The molecule has 0 fully saturated rings. The van der Waals surface area contributed by atoms with E-state index in [1.165, 1.54) is 6.07 Å². The van der Waals surface area contributed by atoms with Gasteiger partial charge in [0.1, 0.15) is 5.82 Å². The lowest BCUT2D eigenvalue weighted by Gasteiger charge is -2.12. The Bertz CT molecular complexity index is 521. The lowest BCUT2D eigenvalue weighted by atomic mass is 10.2. The van der Waals surface area contributed by atoms with Crippen LogP contribution in [0.25, 0.3) is 0 Å². The predicted octanol–water partition coefficient (Wildman–Crippen LogP) is 2.62. The van der Waals surface area contributed by atoms with Crippen molar-refractivity contribution in [1.29, 1.82) is 0 Å². The van der Waals surface area contributed by atoms with Crippen LogP contribution < -0.4 is 5.32 Å². The number of pyridine rings is 1. The van der Waals surface area contributed by atoms with Crippen molar-refractivity contribution in [3.8, 4) is 0 Å². The van der Waals surface area contributed by atoms with Gasteiger partial charge in [0.15, 0.2) is 0 Å². The minimum Gasteiger partial charge on any atom is -0.303 e. The molecule has 0 aromatic carbocycles. The summed E-state index contributed by atoms with van der Waals surface area (Å²) in [6, 6.07) is 1.39. The molecule has 0 radical (unpaired) electrons. The van der Waals surface area contributed by atoms with Crippen molar-refractivity contribution >= 4 is 15.9 Å². The highest BCUT2D eigenvalue weighted by atomic mass is 79.9. The van der Waals surface area contributed by atoms with E-state index in [0.29, 0.717) is 16.7 Å². The minimum absolute atomic E-state index is 0.0106. The van der Waals surface area contributed by atoms with Crippen molar-refractivity contribution < 1.29 is 4.39 Å². The van der Waals surface area contributed by atoms with Gasteiger partial charge in [-0.25, -0.2) is 4.39 Å². The fourth-order valence-corrected chi connectivity index (χ4v) is 1.76. The minimum atomic E-state index is -0.330. The molecule has 2 rings (SSSR count). The van der Waals surface area contributed by atoms with Crippen LogP contribution >= 0.6 is 15.9 Å². The predicted molar refractivity (Wildman–Crippen MR) is 69.2 cm³/mol. The second-order valence-corrected chi connectivity index (χ2v) is 4.73. The Morgan fingerprint density at radius 3 is 2.83 bits per heavy atom. The van der Waals surface area contributed by atoms with E-state index in [-0.39, 0.29) is 11.9 Å². The maximum absolute atomic E-state index is 13.5. The Kier molecular flexibility index (Phi) is 4.33. The lowest BCUT2D eigenvalue weighted by Crippen LogP contribution is -2.20. The average molecular weight is 311 g/mol. The van der Waals surface area contributed by atoms with Crippen LogP contribution in [-0.2, 0) is 6.54 Å². The van der Waals surface area contributed by atoms with Crippen LogP contribution in [0.2, 0.25) is 0 Å². The fourth-order valence-electron chi connectivity index (χ4n) is 1.46.